The Balaban J connectivity index is 2.10. The summed E-state index contributed by atoms with van der Waals surface area (Å²) in [6.07, 6.45) is 1.17. The van der Waals surface area contributed by atoms with E-state index in [1.807, 2.05) is 26.0 Å². The molecule has 0 aliphatic carbocycles. The first-order chi connectivity index (χ1) is 11.7. The number of halogens is 1. The molecule has 0 saturated carbocycles. The fourth-order valence-electron chi connectivity index (χ4n) is 2.41. The summed E-state index contributed by atoms with van der Waals surface area (Å²) in [7, 11) is -3.49. The highest BCUT2D eigenvalue weighted by Crippen LogP contribution is 2.21. The molecule has 0 aromatic heterocycles. The predicted octanol–water partition coefficient (Wildman–Crippen LogP) is 3.75. The third-order valence-corrected chi connectivity index (χ3v) is 5.13. The average molecular weight is 381 g/mol. The number of nitrogens with one attached hydrogen (secondary N) is 1. The standard InChI is InChI=1S/C18H21ClN2O3S/c1-13-5-4-6-16(11-13)21(25(3,23)24)10-9-18(22)20-17-12-15(19)8-7-14(17)2/h4-8,11-12H,9-10H2,1-3H3,(H,20,22). The minimum atomic E-state index is -3.49. The number of aryl methyl sites for hydroxylation is 2. The van der Waals surface area contributed by atoms with Gasteiger partial charge >= 0.3 is 0 Å². The molecule has 25 heavy (non-hydrogen) atoms. The van der Waals surface area contributed by atoms with Crippen molar-refractivity contribution in [3.8, 4) is 0 Å². The van der Waals surface area contributed by atoms with Crippen molar-refractivity contribution in [2.75, 3.05) is 22.4 Å². The summed E-state index contributed by atoms with van der Waals surface area (Å²) in [4.78, 5) is 12.2. The molecule has 2 aromatic carbocycles. The number of benzene rings is 2. The number of nitrogens with zero attached hydrogens (tertiary/aromatic N) is 1. The summed E-state index contributed by atoms with van der Waals surface area (Å²) in [5, 5.41) is 3.30. The maximum Gasteiger partial charge on any atom is 0.232 e. The zero-order valence-corrected chi connectivity index (χ0v) is 16.0. The summed E-state index contributed by atoms with van der Waals surface area (Å²) >= 11 is 5.94. The SMILES string of the molecule is Cc1cccc(N(CCC(=O)Nc2cc(Cl)ccc2C)S(C)(=O)=O)c1. The Morgan fingerprint density at radius 1 is 1.16 bits per heavy atom. The predicted molar refractivity (Wildman–Crippen MR) is 103 cm³/mol. The molecule has 7 heteroatoms. The van der Waals surface area contributed by atoms with Gasteiger partial charge in [0.15, 0.2) is 0 Å². The van der Waals surface area contributed by atoms with Gasteiger partial charge in [-0.05, 0) is 49.2 Å². The van der Waals surface area contributed by atoms with Gasteiger partial charge in [-0.15, -0.1) is 0 Å². The zero-order valence-electron chi connectivity index (χ0n) is 14.4. The lowest BCUT2D eigenvalue weighted by Gasteiger charge is -2.22. The number of anilines is 2. The van der Waals surface area contributed by atoms with Crippen molar-refractivity contribution < 1.29 is 13.2 Å². The Bertz CT molecular complexity index is 882. The number of carbonyl (C=O) groups excluding carboxylic acids is 1. The average Bonchev–Trinajstić information content (AvgIpc) is 2.50. The highest BCUT2D eigenvalue weighted by molar-refractivity contribution is 7.92. The van der Waals surface area contributed by atoms with Gasteiger partial charge in [-0.3, -0.25) is 9.10 Å². The molecule has 0 radical (unpaired) electrons. The van der Waals surface area contributed by atoms with Crippen LogP contribution in [-0.2, 0) is 14.8 Å². The maximum atomic E-state index is 12.2. The molecule has 0 unspecified atom stereocenters. The summed E-state index contributed by atoms with van der Waals surface area (Å²) in [5.74, 6) is -0.272. The highest BCUT2D eigenvalue weighted by atomic mass is 35.5. The molecule has 1 amide bonds. The molecule has 1 N–H and O–H groups in total. The first kappa shape index (κ1) is 19.3. The van der Waals surface area contributed by atoms with Gasteiger partial charge in [-0.2, -0.15) is 0 Å². The quantitative estimate of drug-likeness (QED) is 0.829. The third kappa shape index (κ3) is 5.47. The van der Waals surface area contributed by atoms with Gasteiger partial charge in [-0.1, -0.05) is 29.8 Å². The first-order valence-electron chi connectivity index (χ1n) is 7.77. The van der Waals surface area contributed by atoms with Crippen molar-refractivity contribution in [1.29, 1.82) is 0 Å². The van der Waals surface area contributed by atoms with Crippen LogP contribution in [0.2, 0.25) is 5.02 Å². The van der Waals surface area contributed by atoms with Crippen LogP contribution >= 0.6 is 11.6 Å². The second kappa shape index (κ2) is 7.89. The Morgan fingerprint density at radius 3 is 2.52 bits per heavy atom. The zero-order chi connectivity index (χ0) is 18.6. The summed E-state index contributed by atoms with van der Waals surface area (Å²) in [6, 6.07) is 12.4. The highest BCUT2D eigenvalue weighted by Gasteiger charge is 2.19. The van der Waals surface area contributed by atoms with Crippen LogP contribution in [0.4, 0.5) is 11.4 Å². The molecular weight excluding hydrogens is 360 g/mol. The van der Waals surface area contributed by atoms with Crippen LogP contribution < -0.4 is 9.62 Å². The fourth-order valence-corrected chi connectivity index (χ4v) is 3.51. The van der Waals surface area contributed by atoms with E-state index < -0.39 is 10.0 Å². The van der Waals surface area contributed by atoms with Crippen LogP contribution in [0.15, 0.2) is 42.5 Å². The largest absolute Gasteiger partial charge is 0.326 e. The summed E-state index contributed by atoms with van der Waals surface area (Å²) < 4.78 is 25.4. The second-order valence-electron chi connectivity index (χ2n) is 5.93. The van der Waals surface area contributed by atoms with Crippen LogP contribution in [0.3, 0.4) is 0 Å². The summed E-state index contributed by atoms with van der Waals surface area (Å²) in [5.41, 5.74) is 3.01. The number of amides is 1. The van der Waals surface area contributed by atoms with E-state index in [4.69, 9.17) is 11.6 Å². The van der Waals surface area contributed by atoms with E-state index in [-0.39, 0.29) is 18.9 Å². The molecule has 134 valence electrons. The van der Waals surface area contributed by atoms with Crippen molar-refractivity contribution in [2.45, 2.75) is 20.3 Å². The summed E-state index contributed by atoms with van der Waals surface area (Å²) in [6.45, 7) is 3.81. The Labute approximate surface area is 153 Å². The van der Waals surface area contributed by atoms with Crippen LogP contribution in [0.25, 0.3) is 0 Å². The van der Waals surface area contributed by atoms with E-state index in [0.29, 0.717) is 16.4 Å². The number of sulfonamides is 1. The van der Waals surface area contributed by atoms with Gasteiger partial charge < -0.3 is 5.32 Å². The molecule has 0 spiro atoms. The molecule has 0 heterocycles. The molecule has 0 fully saturated rings. The molecule has 0 saturated heterocycles. The molecule has 5 nitrogen and oxygen atoms in total. The minimum Gasteiger partial charge on any atom is -0.326 e. The Kier molecular flexibility index (Phi) is 6.08. The molecule has 0 aliphatic heterocycles. The van der Waals surface area contributed by atoms with Gasteiger partial charge in [0.2, 0.25) is 15.9 Å². The fraction of sp³-hybridized carbons (Fsp3) is 0.278. The van der Waals surface area contributed by atoms with Gasteiger partial charge in [0.05, 0.1) is 11.9 Å². The molecule has 0 aliphatic rings. The molecule has 0 bridgehead atoms. The molecule has 0 atom stereocenters. The molecule has 2 aromatic rings. The van der Waals surface area contributed by atoms with Crippen LogP contribution in [0.1, 0.15) is 17.5 Å². The number of carbonyl (C=O) groups is 1. The first-order valence-corrected chi connectivity index (χ1v) is 10.00. The lowest BCUT2D eigenvalue weighted by atomic mass is 10.2. The second-order valence-corrected chi connectivity index (χ2v) is 8.27. The van der Waals surface area contributed by atoms with Gasteiger partial charge in [0, 0.05) is 23.7 Å². The lowest BCUT2D eigenvalue weighted by molar-refractivity contribution is -0.116. The number of hydrogen-bond acceptors (Lipinski definition) is 3. The van der Waals surface area contributed by atoms with E-state index in [9.17, 15) is 13.2 Å². The van der Waals surface area contributed by atoms with Crippen molar-refractivity contribution >= 4 is 38.9 Å². The van der Waals surface area contributed by atoms with E-state index in [1.54, 1.807) is 30.3 Å². The van der Waals surface area contributed by atoms with Crippen LogP contribution in [0.5, 0.6) is 0 Å². The molecule has 2 rings (SSSR count). The normalized spacial score (nSPS) is 11.2. The van der Waals surface area contributed by atoms with Gasteiger partial charge in [0.25, 0.3) is 0 Å². The van der Waals surface area contributed by atoms with E-state index in [2.05, 4.69) is 5.32 Å². The van der Waals surface area contributed by atoms with Gasteiger partial charge in [-0.25, -0.2) is 8.42 Å². The number of hydrogen-bond donors (Lipinski definition) is 1. The lowest BCUT2D eigenvalue weighted by Crippen LogP contribution is -2.33. The third-order valence-electron chi connectivity index (χ3n) is 3.71. The monoisotopic (exact) mass is 380 g/mol. The van der Waals surface area contributed by atoms with Crippen molar-refractivity contribution in [1.82, 2.24) is 0 Å². The molecular formula is C18H21ClN2O3S. The maximum absolute atomic E-state index is 12.2. The Morgan fingerprint density at radius 2 is 1.88 bits per heavy atom. The number of rotatable bonds is 6. The van der Waals surface area contributed by atoms with Crippen LogP contribution in [0, 0.1) is 13.8 Å². The smallest absolute Gasteiger partial charge is 0.232 e. The van der Waals surface area contributed by atoms with Crippen molar-refractivity contribution in [2.24, 2.45) is 0 Å². The van der Waals surface area contributed by atoms with Crippen molar-refractivity contribution in [3.05, 3.63) is 58.6 Å². The topological polar surface area (TPSA) is 66.5 Å². The van der Waals surface area contributed by atoms with Gasteiger partial charge in [0.1, 0.15) is 0 Å². The van der Waals surface area contributed by atoms with E-state index in [1.165, 1.54) is 4.31 Å². The Hall–Kier alpha value is -2.05. The van der Waals surface area contributed by atoms with Crippen molar-refractivity contribution in [3.63, 3.8) is 0 Å². The minimum absolute atomic E-state index is 0.0347. The van der Waals surface area contributed by atoms with E-state index in [0.717, 1.165) is 17.4 Å². The van der Waals surface area contributed by atoms with Crippen LogP contribution in [-0.4, -0.2) is 27.1 Å². The van der Waals surface area contributed by atoms with E-state index >= 15 is 0 Å².